The van der Waals surface area contributed by atoms with E-state index in [-0.39, 0.29) is 0 Å². The van der Waals surface area contributed by atoms with Gasteiger partial charge in [0.25, 0.3) is 0 Å². The maximum atomic E-state index is 5.88. The Kier molecular flexibility index (Phi) is 7.44. The van der Waals surface area contributed by atoms with Crippen LogP contribution >= 0.6 is 0 Å². The molecule has 2 saturated heterocycles. The lowest BCUT2D eigenvalue weighted by Gasteiger charge is -2.37. The second-order valence-electron chi connectivity index (χ2n) is 6.76. The number of nitrogens with zero attached hydrogens (tertiary/aromatic N) is 2. The number of piperidine rings is 1. The van der Waals surface area contributed by atoms with E-state index < -0.39 is 0 Å². The van der Waals surface area contributed by atoms with Crippen LogP contribution in [-0.4, -0.2) is 74.4 Å². The molecule has 1 N–H and O–H groups in total. The number of rotatable bonds is 7. The highest BCUT2D eigenvalue weighted by molar-refractivity contribution is 4.81. The molecule has 0 radical (unpaired) electrons. The van der Waals surface area contributed by atoms with Crippen LogP contribution in [0.4, 0.5) is 0 Å². The van der Waals surface area contributed by atoms with Gasteiger partial charge in [-0.25, -0.2) is 0 Å². The monoisotopic (exact) mass is 297 g/mol. The van der Waals surface area contributed by atoms with Crippen LogP contribution < -0.4 is 5.32 Å². The van der Waals surface area contributed by atoms with Gasteiger partial charge in [-0.1, -0.05) is 13.8 Å². The minimum absolute atomic E-state index is 0.376. The van der Waals surface area contributed by atoms with Crippen molar-refractivity contribution < 1.29 is 4.74 Å². The van der Waals surface area contributed by atoms with Crippen LogP contribution in [0.15, 0.2) is 0 Å². The predicted octanol–water partition coefficient (Wildman–Crippen LogP) is 1.81. The van der Waals surface area contributed by atoms with Gasteiger partial charge in [0.1, 0.15) is 0 Å². The molecule has 2 atom stereocenters. The quantitative estimate of drug-likeness (QED) is 0.775. The van der Waals surface area contributed by atoms with Gasteiger partial charge in [0.2, 0.25) is 0 Å². The van der Waals surface area contributed by atoms with Crippen molar-refractivity contribution >= 4 is 0 Å². The lowest BCUT2D eigenvalue weighted by Crippen LogP contribution is -2.49. The molecule has 2 aliphatic rings. The number of morpholine rings is 1. The largest absolute Gasteiger partial charge is 0.374 e. The molecule has 2 aliphatic heterocycles. The minimum atomic E-state index is 0.376. The molecule has 21 heavy (non-hydrogen) atoms. The van der Waals surface area contributed by atoms with Gasteiger partial charge in [-0.3, -0.25) is 4.90 Å². The summed E-state index contributed by atoms with van der Waals surface area (Å²) in [6, 6.07) is 0.620. The molecule has 2 unspecified atom stereocenters. The summed E-state index contributed by atoms with van der Waals surface area (Å²) in [5.41, 5.74) is 0. The highest BCUT2D eigenvalue weighted by Crippen LogP contribution is 2.20. The van der Waals surface area contributed by atoms with E-state index in [4.69, 9.17) is 4.74 Å². The zero-order chi connectivity index (χ0) is 15.1. The fourth-order valence-electron chi connectivity index (χ4n) is 3.67. The molecule has 0 spiro atoms. The van der Waals surface area contributed by atoms with Crippen molar-refractivity contribution in [3.63, 3.8) is 0 Å². The van der Waals surface area contributed by atoms with Crippen molar-refractivity contribution in [1.29, 1.82) is 0 Å². The molecule has 0 aromatic rings. The SMILES string of the molecule is CCCN1CCC(C(C)NCC2CN(CC)CCO2)CC1. The molecule has 2 heterocycles. The fraction of sp³-hybridized carbons (Fsp3) is 1.00. The smallest absolute Gasteiger partial charge is 0.0826 e. The lowest BCUT2D eigenvalue weighted by molar-refractivity contribution is -0.0272. The van der Waals surface area contributed by atoms with Crippen LogP contribution in [0.1, 0.15) is 40.0 Å². The zero-order valence-electron chi connectivity index (χ0n) is 14.3. The van der Waals surface area contributed by atoms with Crippen molar-refractivity contribution in [3.05, 3.63) is 0 Å². The summed E-state index contributed by atoms with van der Waals surface area (Å²) in [5, 5.41) is 3.74. The number of likely N-dealkylation sites (tertiary alicyclic amines) is 1. The Morgan fingerprint density at radius 3 is 2.57 bits per heavy atom. The van der Waals surface area contributed by atoms with E-state index >= 15 is 0 Å². The van der Waals surface area contributed by atoms with Gasteiger partial charge >= 0.3 is 0 Å². The molecule has 4 nitrogen and oxygen atoms in total. The molecule has 0 amide bonds. The summed E-state index contributed by atoms with van der Waals surface area (Å²) in [5.74, 6) is 0.837. The normalized spacial score (nSPS) is 27.9. The van der Waals surface area contributed by atoms with Crippen LogP contribution in [0.5, 0.6) is 0 Å². The summed E-state index contributed by atoms with van der Waals surface area (Å²) < 4.78 is 5.88. The molecule has 0 saturated carbocycles. The van der Waals surface area contributed by atoms with E-state index in [2.05, 4.69) is 35.9 Å². The van der Waals surface area contributed by atoms with Gasteiger partial charge in [-0.15, -0.1) is 0 Å². The maximum Gasteiger partial charge on any atom is 0.0826 e. The Labute approximate surface area is 131 Å². The Morgan fingerprint density at radius 1 is 1.14 bits per heavy atom. The molecule has 2 rings (SSSR count). The Hall–Kier alpha value is -0.160. The number of nitrogens with one attached hydrogen (secondary N) is 1. The molecule has 4 heteroatoms. The van der Waals surface area contributed by atoms with Gasteiger partial charge in [0.15, 0.2) is 0 Å². The van der Waals surface area contributed by atoms with Crippen LogP contribution in [0.3, 0.4) is 0 Å². The first kappa shape index (κ1) is 17.2. The van der Waals surface area contributed by atoms with E-state index in [0.29, 0.717) is 12.1 Å². The third-order valence-electron chi connectivity index (χ3n) is 5.22. The number of hydrogen-bond donors (Lipinski definition) is 1. The van der Waals surface area contributed by atoms with Crippen LogP contribution in [0.2, 0.25) is 0 Å². The lowest BCUT2D eigenvalue weighted by atomic mass is 9.90. The van der Waals surface area contributed by atoms with Crippen molar-refractivity contribution in [2.75, 3.05) is 52.4 Å². The summed E-state index contributed by atoms with van der Waals surface area (Å²) >= 11 is 0. The van der Waals surface area contributed by atoms with Gasteiger partial charge in [0, 0.05) is 25.7 Å². The van der Waals surface area contributed by atoms with Gasteiger partial charge in [0.05, 0.1) is 12.7 Å². The fourth-order valence-corrected chi connectivity index (χ4v) is 3.67. The van der Waals surface area contributed by atoms with E-state index in [1.54, 1.807) is 0 Å². The predicted molar refractivity (Wildman–Crippen MR) is 88.8 cm³/mol. The second kappa shape index (κ2) is 9.09. The highest BCUT2D eigenvalue weighted by Gasteiger charge is 2.25. The average molecular weight is 297 g/mol. The van der Waals surface area contributed by atoms with Crippen LogP contribution in [-0.2, 0) is 4.74 Å². The van der Waals surface area contributed by atoms with Crippen LogP contribution in [0, 0.1) is 5.92 Å². The van der Waals surface area contributed by atoms with Gasteiger partial charge in [-0.2, -0.15) is 0 Å². The van der Waals surface area contributed by atoms with Crippen molar-refractivity contribution in [1.82, 2.24) is 15.1 Å². The maximum absolute atomic E-state index is 5.88. The highest BCUT2D eigenvalue weighted by atomic mass is 16.5. The minimum Gasteiger partial charge on any atom is -0.374 e. The van der Waals surface area contributed by atoms with Gasteiger partial charge < -0.3 is 15.0 Å². The van der Waals surface area contributed by atoms with E-state index in [9.17, 15) is 0 Å². The molecule has 124 valence electrons. The molecule has 2 fully saturated rings. The molecule has 0 aromatic carbocycles. The average Bonchev–Trinajstić information content (AvgIpc) is 2.54. The van der Waals surface area contributed by atoms with Crippen molar-refractivity contribution in [2.24, 2.45) is 5.92 Å². The first-order valence-corrected chi connectivity index (χ1v) is 9.02. The number of likely N-dealkylation sites (N-methyl/N-ethyl adjacent to an activating group) is 1. The third-order valence-corrected chi connectivity index (χ3v) is 5.22. The third kappa shape index (κ3) is 5.51. The summed E-state index contributed by atoms with van der Waals surface area (Å²) in [6.45, 7) is 16.0. The summed E-state index contributed by atoms with van der Waals surface area (Å²) in [6.07, 6.45) is 4.36. The van der Waals surface area contributed by atoms with Gasteiger partial charge in [-0.05, 0) is 58.3 Å². The topological polar surface area (TPSA) is 27.7 Å². The Bertz CT molecular complexity index is 279. The molecular weight excluding hydrogens is 262 g/mol. The van der Waals surface area contributed by atoms with E-state index in [0.717, 1.165) is 38.7 Å². The molecule has 0 bridgehead atoms. The molecule has 0 aliphatic carbocycles. The second-order valence-corrected chi connectivity index (χ2v) is 6.76. The molecule has 0 aromatic heterocycles. The Balaban J connectivity index is 1.64. The van der Waals surface area contributed by atoms with Crippen molar-refractivity contribution in [3.8, 4) is 0 Å². The van der Waals surface area contributed by atoms with Crippen molar-refractivity contribution in [2.45, 2.75) is 52.2 Å². The number of ether oxygens (including phenoxy) is 1. The summed E-state index contributed by atoms with van der Waals surface area (Å²) in [4.78, 5) is 5.11. The standard InChI is InChI=1S/C17H35N3O/c1-4-8-20-9-6-16(7-10-20)15(3)18-13-17-14-19(5-2)11-12-21-17/h15-18H,4-14H2,1-3H3. The zero-order valence-corrected chi connectivity index (χ0v) is 14.3. The Morgan fingerprint density at radius 2 is 1.90 bits per heavy atom. The first-order chi connectivity index (χ1) is 10.2. The summed E-state index contributed by atoms with van der Waals surface area (Å²) in [7, 11) is 0. The number of hydrogen-bond acceptors (Lipinski definition) is 4. The van der Waals surface area contributed by atoms with E-state index in [1.807, 2.05) is 0 Å². The van der Waals surface area contributed by atoms with Crippen LogP contribution in [0.25, 0.3) is 0 Å². The van der Waals surface area contributed by atoms with E-state index in [1.165, 1.54) is 38.9 Å². The first-order valence-electron chi connectivity index (χ1n) is 9.02. The molecular formula is C17H35N3O.